The molecule has 0 aliphatic heterocycles. The van der Waals surface area contributed by atoms with E-state index in [0.29, 0.717) is 11.6 Å². The first-order valence-corrected chi connectivity index (χ1v) is 5.48. The molecule has 0 saturated carbocycles. The molecule has 0 bridgehead atoms. The van der Waals surface area contributed by atoms with Crippen LogP contribution in [-0.2, 0) is 6.42 Å². The number of hydrogen-bond donors (Lipinski definition) is 1. The van der Waals surface area contributed by atoms with Crippen LogP contribution < -0.4 is 4.74 Å². The zero-order valence-corrected chi connectivity index (χ0v) is 9.88. The predicted octanol–water partition coefficient (Wildman–Crippen LogP) is 1.90. The molecule has 2 aromatic rings. The molecule has 0 saturated heterocycles. The van der Waals surface area contributed by atoms with Gasteiger partial charge in [-0.25, -0.2) is 14.4 Å². The minimum absolute atomic E-state index is 0.208. The molecule has 94 valence electrons. The van der Waals surface area contributed by atoms with Crippen molar-refractivity contribution in [1.82, 2.24) is 9.97 Å². The molecule has 1 heterocycles. The quantitative estimate of drug-likeness (QED) is 0.897. The summed E-state index contributed by atoms with van der Waals surface area (Å²) in [4.78, 5) is 7.88. The van der Waals surface area contributed by atoms with E-state index in [9.17, 15) is 9.50 Å². The van der Waals surface area contributed by atoms with Crippen LogP contribution in [0, 0.1) is 5.82 Å². The first-order valence-electron chi connectivity index (χ1n) is 5.48. The van der Waals surface area contributed by atoms with Gasteiger partial charge in [-0.2, -0.15) is 0 Å². The molecule has 0 amide bonds. The summed E-state index contributed by atoms with van der Waals surface area (Å²) in [5.74, 6) is -0.00763. The third-order valence-corrected chi connectivity index (χ3v) is 2.57. The minimum atomic E-state index is -0.939. The number of rotatable bonds is 4. The molecule has 1 aromatic carbocycles. The second kappa shape index (κ2) is 5.55. The molecule has 1 unspecified atom stereocenters. The van der Waals surface area contributed by atoms with Crippen LogP contribution in [0.15, 0.2) is 36.7 Å². The highest BCUT2D eigenvalue weighted by atomic mass is 19.1. The Morgan fingerprint density at radius 3 is 2.83 bits per heavy atom. The number of halogens is 1. The van der Waals surface area contributed by atoms with E-state index in [0.717, 1.165) is 0 Å². The van der Waals surface area contributed by atoms with Gasteiger partial charge in [-0.15, -0.1) is 0 Å². The smallest absolute Gasteiger partial charge is 0.216 e. The number of methoxy groups -OCH3 is 1. The summed E-state index contributed by atoms with van der Waals surface area (Å²) in [5.41, 5.74) is 0.854. The SMILES string of the molecule is COc1cc(CC(O)c2ccccc2F)ncn1. The molecular weight excluding hydrogens is 235 g/mol. The molecule has 0 radical (unpaired) electrons. The van der Waals surface area contributed by atoms with E-state index >= 15 is 0 Å². The Balaban J connectivity index is 2.16. The van der Waals surface area contributed by atoms with Crippen molar-refractivity contribution in [1.29, 1.82) is 0 Å². The third kappa shape index (κ3) is 2.81. The first-order chi connectivity index (χ1) is 8.70. The van der Waals surface area contributed by atoms with Crippen molar-refractivity contribution in [2.75, 3.05) is 7.11 Å². The van der Waals surface area contributed by atoms with Crippen LogP contribution in [0.2, 0.25) is 0 Å². The Labute approximate surface area is 104 Å². The Morgan fingerprint density at radius 2 is 2.11 bits per heavy atom. The van der Waals surface area contributed by atoms with Gasteiger partial charge < -0.3 is 9.84 Å². The van der Waals surface area contributed by atoms with Crippen molar-refractivity contribution in [3.63, 3.8) is 0 Å². The van der Waals surface area contributed by atoms with Crippen molar-refractivity contribution in [3.8, 4) is 5.88 Å². The van der Waals surface area contributed by atoms with Crippen LogP contribution >= 0.6 is 0 Å². The maximum atomic E-state index is 13.5. The zero-order chi connectivity index (χ0) is 13.0. The Bertz CT molecular complexity index is 534. The van der Waals surface area contributed by atoms with Crippen LogP contribution in [0.25, 0.3) is 0 Å². The number of ether oxygens (including phenoxy) is 1. The second-order valence-corrected chi connectivity index (χ2v) is 3.79. The summed E-state index contributed by atoms with van der Waals surface area (Å²) in [6.07, 6.45) is 0.619. The normalized spacial score (nSPS) is 12.2. The average Bonchev–Trinajstić information content (AvgIpc) is 2.39. The predicted molar refractivity (Wildman–Crippen MR) is 63.6 cm³/mol. The summed E-state index contributed by atoms with van der Waals surface area (Å²) in [6.45, 7) is 0. The van der Waals surface area contributed by atoms with Gasteiger partial charge in [0, 0.05) is 18.1 Å². The fourth-order valence-corrected chi connectivity index (χ4v) is 1.65. The Kier molecular flexibility index (Phi) is 3.84. The molecule has 0 spiro atoms. The van der Waals surface area contributed by atoms with E-state index < -0.39 is 11.9 Å². The van der Waals surface area contributed by atoms with Crippen molar-refractivity contribution in [3.05, 3.63) is 53.7 Å². The van der Waals surface area contributed by atoms with E-state index in [1.165, 1.54) is 19.5 Å². The van der Waals surface area contributed by atoms with Crippen molar-refractivity contribution in [2.45, 2.75) is 12.5 Å². The van der Waals surface area contributed by atoms with Crippen molar-refractivity contribution >= 4 is 0 Å². The number of nitrogens with zero attached hydrogens (tertiary/aromatic N) is 2. The summed E-state index contributed by atoms with van der Waals surface area (Å²) < 4.78 is 18.4. The van der Waals surface area contributed by atoms with Crippen molar-refractivity contribution < 1.29 is 14.2 Å². The number of aliphatic hydroxyl groups is 1. The van der Waals surface area contributed by atoms with Gasteiger partial charge >= 0.3 is 0 Å². The highest BCUT2D eigenvalue weighted by Gasteiger charge is 2.14. The maximum Gasteiger partial charge on any atom is 0.216 e. The molecule has 0 aliphatic carbocycles. The third-order valence-electron chi connectivity index (χ3n) is 2.57. The van der Waals surface area contributed by atoms with Crippen molar-refractivity contribution in [2.24, 2.45) is 0 Å². The summed E-state index contributed by atoms with van der Waals surface area (Å²) in [6, 6.07) is 7.75. The highest BCUT2D eigenvalue weighted by molar-refractivity contribution is 5.22. The summed E-state index contributed by atoms with van der Waals surface area (Å²) in [7, 11) is 1.50. The van der Waals surface area contributed by atoms with Gasteiger partial charge in [0.15, 0.2) is 0 Å². The standard InChI is InChI=1S/C13H13FN2O2/c1-18-13-7-9(15-8-16-13)6-12(17)10-4-2-3-5-11(10)14/h2-5,7-8,12,17H,6H2,1H3. The Morgan fingerprint density at radius 1 is 1.33 bits per heavy atom. The second-order valence-electron chi connectivity index (χ2n) is 3.79. The maximum absolute atomic E-state index is 13.5. The van der Waals surface area contributed by atoms with E-state index in [1.54, 1.807) is 24.3 Å². The average molecular weight is 248 g/mol. The number of benzene rings is 1. The van der Waals surface area contributed by atoms with Gasteiger partial charge in [-0.05, 0) is 6.07 Å². The lowest BCUT2D eigenvalue weighted by Crippen LogP contribution is -2.06. The molecule has 4 nitrogen and oxygen atoms in total. The number of aliphatic hydroxyl groups excluding tert-OH is 1. The molecule has 0 fully saturated rings. The highest BCUT2D eigenvalue weighted by Crippen LogP contribution is 2.20. The van der Waals surface area contributed by atoms with Crippen LogP contribution in [0.4, 0.5) is 4.39 Å². The largest absolute Gasteiger partial charge is 0.481 e. The van der Waals surface area contributed by atoms with Gasteiger partial charge in [-0.1, -0.05) is 18.2 Å². The number of aromatic nitrogens is 2. The lowest BCUT2D eigenvalue weighted by atomic mass is 10.0. The lowest BCUT2D eigenvalue weighted by Gasteiger charge is -2.11. The topological polar surface area (TPSA) is 55.2 Å². The molecule has 0 aliphatic rings. The molecule has 1 N–H and O–H groups in total. The van der Waals surface area contributed by atoms with Crippen LogP contribution in [0.3, 0.4) is 0 Å². The van der Waals surface area contributed by atoms with Gasteiger partial charge in [0.1, 0.15) is 12.1 Å². The van der Waals surface area contributed by atoms with E-state index in [4.69, 9.17) is 4.74 Å². The van der Waals surface area contributed by atoms with E-state index in [-0.39, 0.29) is 12.0 Å². The summed E-state index contributed by atoms with van der Waals surface area (Å²) >= 11 is 0. The molecule has 1 aromatic heterocycles. The fourth-order valence-electron chi connectivity index (χ4n) is 1.65. The van der Waals surface area contributed by atoms with Gasteiger partial charge in [0.05, 0.1) is 18.9 Å². The van der Waals surface area contributed by atoms with E-state index in [2.05, 4.69) is 9.97 Å². The van der Waals surface area contributed by atoms with Gasteiger partial charge in [0.25, 0.3) is 0 Å². The zero-order valence-electron chi connectivity index (χ0n) is 9.88. The number of hydrogen-bond acceptors (Lipinski definition) is 4. The molecular formula is C13H13FN2O2. The molecule has 1 atom stereocenters. The van der Waals surface area contributed by atoms with Gasteiger partial charge in [0.2, 0.25) is 5.88 Å². The van der Waals surface area contributed by atoms with Gasteiger partial charge in [-0.3, -0.25) is 0 Å². The van der Waals surface area contributed by atoms with Crippen LogP contribution in [0.5, 0.6) is 5.88 Å². The molecule has 5 heteroatoms. The van der Waals surface area contributed by atoms with E-state index in [1.807, 2.05) is 0 Å². The fraction of sp³-hybridized carbons (Fsp3) is 0.231. The Hall–Kier alpha value is -2.01. The van der Waals surface area contributed by atoms with Crippen LogP contribution in [-0.4, -0.2) is 22.2 Å². The summed E-state index contributed by atoms with van der Waals surface area (Å²) in [5, 5.41) is 9.98. The minimum Gasteiger partial charge on any atom is -0.481 e. The monoisotopic (exact) mass is 248 g/mol. The first kappa shape index (κ1) is 12.4. The molecule has 2 rings (SSSR count). The molecule has 18 heavy (non-hydrogen) atoms. The lowest BCUT2D eigenvalue weighted by molar-refractivity contribution is 0.172. The van der Waals surface area contributed by atoms with Crippen LogP contribution in [0.1, 0.15) is 17.4 Å².